The number of amides is 1. The molecule has 126 valence electrons. The summed E-state index contributed by atoms with van der Waals surface area (Å²) in [5.41, 5.74) is 1.31. The zero-order valence-corrected chi connectivity index (χ0v) is 13.3. The van der Waals surface area contributed by atoms with E-state index in [4.69, 9.17) is 5.11 Å². The standard InChI is InChI=1S/C15H19NO6S/c17-13(10-15(11-14(18)19)8-4-5-9-15)16-22-23(20,21)12-6-2-1-3-7-12/h1-3,6-7H,4-5,8-11H2,(H,16,17)(H,18,19). The second kappa shape index (κ2) is 7.10. The third kappa shape index (κ3) is 4.77. The van der Waals surface area contributed by atoms with Crippen LogP contribution in [-0.2, 0) is 24.0 Å². The second-order valence-corrected chi connectivity index (χ2v) is 7.38. The van der Waals surface area contributed by atoms with Crippen LogP contribution in [0.2, 0.25) is 0 Å². The number of rotatable bonds is 7. The molecule has 1 aromatic rings. The third-order valence-corrected chi connectivity index (χ3v) is 5.18. The monoisotopic (exact) mass is 341 g/mol. The van der Waals surface area contributed by atoms with Crippen LogP contribution in [0.25, 0.3) is 0 Å². The van der Waals surface area contributed by atoms with Crippen LogP contribution in [0.4, 0.5) is 0 Å². The van der Waals surface area contributed by atoms with Gasteiger partial charge in [-0.25, -0.2) is 5.48 Å². The average molecular weight is 341 g/mol. The fourth-order valence-corrected chi connectivity index (χ4v) is 3.76. The van der Waals surface area contributed by atoms with E-state index in [1.54, 1.807) is 18.2 Å². The molecule has 2 N–H and O–H groups in total. The number of nitrogens with one attached hydrogen (secondary N) is 1. The molecule has 0 heterocycles. The normalized spacial score (nSPS) is 16.9. The number of hydrogen-bond acceptors (Lipinski definition) is 5. The molecule has 1 fully saturated rings. The zero-order chi connectivity index (χ0) is 16.9. The van der Waals surface area contributed by atoms with E-state index in [-0.39, 0.29) is 17.7 Å². The molecule has 1 saturated carbocycles. The summed E-state index contributed by atoms with van der Waals surface area (Å²) in [6.45, 7) is 0. The van der Waals surface area contributed by atoms with Crippen molar-refractivity contribution in [1.29, 1.82) is 0 Å². The van der Waals surface area contributed by atoms with Crippen molar-refractivity contribution in [2.45, 2.75) is 43.4 Å². The van der Waals surface area contributed by atoms with Gasteiger partial charge >= 0.3 is 16.1 Å². The van der Waals surface area contributed by atoms with Crippen molar-refractivity contribution in [2.75, 3.05) is 0 Å². The first-order chi connectivity index (χ1) is 10.8. The van der Waals surface area contributed by atoms with Gasteiger partial charge in [-0.15, -0.1) is 4.28 Å². The predicted molar refractivity (Wildman–Crippen MR) is 80.6 cm³/mol. The van der Waals surface area contributed by atoms with Crippen LogP contribution in [0.15, 0.2) is 35.2 Å². The van der Waals surface area contributed by atoms with Crippen LogP contribution in [0.5, 0.6) is 0 Å². The van der Waals surface area contributed by atoms with Crippen molar-refractivity contribution < 1.29 is 27.4 Å². The summed E-state index contributed by atoms with van der Waals surface area (Å²) in [7, 11) is -4.08. The number of carbonyl (C=O) groups excluding carboxylic acids is 1. The van der Waals surface area contributed by atoms with Crippen molar-refractivity contribution in [3.63, 3.8) is 0 Å². The number of benzene rings is 1. The summed E-state index contributed by atoms with van der Waals surface area (Å²) in [5, 5.41) is 9.00. The molecule has 1 aliphatic carbocycles. The molecule has 0 bridgehead atoms. The minimum absolute atomic E-state index is 0.0659. The van der Waals surface area contributed by atoms with E-state index in [0.717, 1.165) is 12.8 Å². The molecule has 1 amide bonds. The summed E-state index contributed by atoms with van der Waals surface area (Å²) in [5.74, 6) is -1.59. The SMILES string of the molecule is O=C(O)CC1(CC(=O)NOS(=O)(=O)c2ccccc2)CCCC1. The summed E-state index contributed by atoms with van der Waals surface area (Å²) < 4.78 is 28.4. The maximum Gasteiger partial charge on any atom is 0.317 e. The van der Waals surface area contributed by atoms with Gasteiger partial charge in [0.05, 0.1) is 11.3 Å². The van der Waals surface area contributed by atoms with Gasteiger partial charge in [0.2, 0.25) is 5.91 Å². The first-order valence-electron chi connectivity index (χ1n) is 7.32. The van der Waals surface area contributed by atoms with E-state index in [1.165, 1.54) is 12.1 Å². The van der Waals surface area contributed by atoms with Gasteiger partial charge in [-0.3, -0.25) is 9.59 Å². The van der Waals surface area contributed by atoms with E-state index in [2.05, 4.69) is 4.28 Å². The lowest BCUT2D eigenvalue weighted by atomic mass is 9.79. The summed E-state index contributed by atoms with van der Waals surface area (Å²) in [4.78, 5) is 22.9. The Morgan fingerprint density at radius 2 is 1.74 bits per heavy atom. The average Bonchev–Trinajstić information content (AvgIpc) is 2.93. The lowest BCUT2D eigenvalue weighted by molar-refractivity contribution is -0.141. The summed E-state index contributed by atoms with van der Waals surface area (Å²) in [6, 6.07) is 7.44. The number of hydrogen-bond donors (Lipinski definition) is 2. The molecule has 1 aromatic carbocycles. The van der Waals surface area contributed by atoms with Crippen molar-refractivity contribution >= 4 is 22.0 Å². The Kier molecular flexibility index (Phi) is 5.38. The van der Waals surface area contributed by atoms with Crippen molar-refractivity contribution in [3.8, 4) is 0 Å². The lowest BCUT2D eigenvalue weighted by Gasteiger charge is -2.25. The molecule has 0 radical (unpaired) electrons. The van der Waals surface area contributed by atoms with Gasteiger partial charge in [-0.05, 0) is 30.4 Å². The molecule has 0 aliphatic heterocycles. The smallest absolute Gasteiger partial charge is 0.317 e. The molecular formula is C15H19NO6S. The van der Waals surface area contributed by atoms with Crippen LogP contribution in [0, 0.1) is 5.41 Å². The van der Waals surface area contributed by atoms with Crippen molar-refractivity contribution in [2.24, 2.45) is 5.41 Å². The van der Waals surface area contributed by atoms with Gasteiger partial charge in [-0.1, -0.05) is 31.0 Å². The Morgan fingerprint density at radius 1 is 1.13 bits per heavy atom. The fourth-order valence-electron chi connectivity index (χ4n) is 2.98. The van der Waals surface area contributed by atoms with Gasteiger partial charge in [0.15, 0.2) is 0 Å². The van der Waals surface area contributed by atoms with Gasteiger partial charge in [0, 0.05) is 6.42 Å². The first-order valence-corrected chi connectivity index (χ1v) is 8.73. The number of carboxylic acids is 1. The Morgan fingerprint density at radius 3 is 2.30 bits per heavy atom. The largest absolute Gasteiger partial charge is 0.481 e. The predicted octanol–water partition coefficient (Wildman–Crippen LogP) is 1.85. The Balaban J connectivity index is 1.95. The van der Waals surface area contributed by atoms with Crippen LogP contribution in [-0.4, -0.2) is 25.4 Å². The molecule has 0 spiro atoms. The molecule has 7 nitrogen and oxygen atoms in total. The van der Waals surface area contributed by atoms with Gasteiger partial charge in [0.25, 0.3) is 0 Å². The van der Waals surface area contributed by atoms with Crippen molar-refractivity contribution in [3.05, 3.63) is 30.3 Å². The number of carbonyl (C=O) groups is 2. The molecule has 0 unspecified atom stereocenters. The second-order valence-electron chi connectivity index (χ2n) is 5.83. The molecule has 23 heavy (non-hydrogen) atoms. The van der Waals surface area contributed by atoms with E-state index in [0.29, 0.717) is 12.8 Å². The molecule has 8 heteroatoms. The third-order valence-electron chi connectivity index (χ3n) is 4.02. The van der Waals surface area contributed by atoms with Crippen molar-refractivity contribution in [1.82, 2.24) is 5.48 Å². The number of aliphatic carboxylic acids is 1. The van der Waals surface area contributed by atoms with Gasteiger partial charge in [0.1, 0.15) is 0 Å². The molecule has 1 aliphatic rings. The van der Waals surface area contributed by atoms with Crippen LogP contribution < -0.4 is 5.48 Å². The topological polar surface area (TPSA) is 110 Å². The Bertz CT molecular complexity index is 664. The van der Waals surface area contributed by atoms with E-state index in [9.17, 15) is 18.0 Å². The summed E-state index contributed by atoms with van der Waals surface area (Å²) in [6.07, 6.45) is 2.83. The number of hydroxylamine groups is 1. The van der Waals surface area contributed by atoms with Gasteiger partial charge < -0.3 is 5.11 Å². The number of carboxylic acid groups (broad SMARTS) is 1. The minimum atomic E-state index is -4.08. The molecule has 0 aromatic heterocycles. The zero-order valence-electron chi connectivity index (χ0n) is 12.5. The minimum Gasteiger partial charge on any atom is -0.481 e. The van der Waals surface area contributed by atoms with E-state index in [1.807, 2.05) is 5.48 Å². The molecule has 0 atom stereocenters. The van der Waals surface area contributed by atoms with E-state index >= 15 is 0 Å². The highest BCUT2D eigenvalue weighted by molar-refractivity contribution is 7.86. The highest BCUT2D eigenvalue weighted by atomic mass is 32.2. The molecule has 0 saturated heterocycles. The highest BCUT2D eigenvalue weighted by Crippen LogP contribution is 2.44. The van der Waals surface area contributed by atoms with Gasteiger partial charge in [-0.2, -0.15) is 8.42 Å². The Hall–Kier alpha value is -1.93. The van der Waals surface area contributed by atoms with Crippen LogP contribution in [0.3, 0.4) is 0 Å². The van der Waals surface area contributed by atoms with E-state index < -0.39 is 27.4 Å². The Labute approximate surface area is 134 Å². The lowest BCUT2D eigenvalue weighted by Crippen LogP contribution is -2.33. The quantitative estimate of drug-likeness (QED) is 0.732. The maximum atomic E-state index is 12.0. The molecular weight excluding hydrogens is 322 g/mol. The maximum absolute atomic E-state index is 12.0. The highest BCUT2D eigenvalue weighted by Gasteiger charge is 2.38. The van der Waals surface area contributed by atoms with Crippen LogP contribution >= 0.6 is 0 Å². The summed E-state index contributed by atoms with van der Waals surface area (Å²) >= 11 is 0. The first kappa shape index (κ1) is 17.4. The molecule has 2 rings (SSSR count). The van der Waals surface area contributed by atoms with Crippen LogP contribution in [0.1, 0.15) is 38.5 Å². The fraction of sp³-hybridized carbons (Fsp3) is 0.467.